The lowest BCUT2D eigenvalue weighted by Crippen LogP contribution is -2.30. The Morgan fingerprint density at radius 3 is 2.76 bits per heavy atom. The summed E-state index contributed by atoms with van der Waals surface area (Å²) in [6.07, 6.45) is 1.83. The molecule has 1 N–H and O–H groups in total. The van der Waals surface area contributed by atoms with E-state index in [2.05, 4.69) is 10.3 Å². The first-order valence-corrected chi connectivity index (χ1v) is 8.31. The van der Waals surface area contributed by atoms with E-state index in [1.165, 1.54) is 18.3 Å². The van der Waals surface area contributed by atoms with Gasteiger partial charge in [-0.05, 0) is 37.2 Å². The van der Waals surface area contributed by atoms with Crippen molar-refractivity contribution in [2.75, 3.05) is 19.8 Å². The maximum atomic E-state index is 12.4. The molecular formula is C15H18F2N2O5S. The van der Waals surface area contributed by atoms with Crippen LogP contribution in [0.5, 0.6) is 0 Å². The number of nitrogens with one attached hydrogen (secondary N) is 1. The molecule has 0 aliphatic heterocycles. The van der Waals surface area contributed by atoms with Crippen molar-refractivity contribution in [1.82, 2.24) is 10.3 Å². The molecule has 7 nitrogen and oxygen atoms in total. The molecule has 0 fully saturated rings. The van der Waals surface area contributed by atoms with Crippen LogP contribution in [-0.4, -0.2) is 48.3 Å². The number of aromatic nitrogens is 1. The van der Waals surface area contributed by atoms with Crippen molar-refractivity contribution in [1.29, 1.82) is 0 Å². The van der Waals surface area contributed by atoms with E-state index in [9.17, 15) is 23.2 Å². The van der Waals surface area contributed by atoms with Gasteiger partial charge in [0.15, 0.2) is 6.61 Å². The Kier molecular flexibility index (Phi) is 9.45. The van der Waals surface area contributed by atoms with E-state index in [-0.39, 0.29) is 41.3 Å². The number of amides is 1. The van der Waals surface area contributed by atoms with Crippen LogP contribution in [0.25, 0.3) is 0 Å². The van der Waals surface area contributed by atoms with Gasteiger partial charge in [0.25, 0.3) is 11.7 Å². The van der Waals surface area contributed by atoms with E-state index in [1.807, 2.05) is 0 Å². The minimum absolute atomic E-state index is 0.122. The Bertz CT molecular complexity index is 601. The summed E-state index contributed by atoms with van der Waals surface area (Å²) in [4.78, 5) is 38.2. The molecule has 0 unspecified atom stereocenters. The molecule has 0 bridgehead atoms. The predicted molar refractivity (Wildman–Crippen MR) is 85.3 cm³/mol. The lowest BCUT2D eigenvalue weighted by Gasteiger charge is -2.08. The van der Waals surface area contributed by atoms with Gasteiger partial charge in [0.2, 0.25) is 0 Å². The van der Waals surface area contributed by atoms with Crippen molar-refractivity contribution < 1.29 is 32.6 Å². The van der Waals surface area contributed by atoms with Gasteiger partial charge in [-0.25, -0.2) is 9.78 Å². The van der Waals surface area contributed by atoms with Crippen molar-refractivity contribution in [2.24, 2.45) is 0 Å². The molecule has 0 saturated heterocycles. The summed E-state index contributed by atoms with van der Waals surface area (Å²) in [6.45, 7) is 1.64. The topological polar surface area (TPSA) is 94.6 Å². The second-order valence-corrected chi connectivity index (χ2v) is 5.55. The van der Waals surface area contributed by atoms with Gasteiger partial charge in [-0.3, -0.25) is 9.59 Å². The van der Waals surface area contributed by atoms with Gasteiger partial charge in [-0.2, -0.15) is 8.78 Å². The molecule has 1 heterocycles. The zero-order valence-electron chi connectivity index (χ0n) is 13.5. The molecule has 0 saturated carbocycles. The number of rotatable bonds is 10. The molecule has 0 spiro atoms. The van der Waals surface area contributed by atoms with Crippen LogP contribution in [0.2, 0.25) is 0 Å². The van der Waals surface area contributed by atoms with Gasteiger partial charge < -0.3 is 14.8 Å². The van der Waals surface area contributed by atoms with E-state index in [1.54, 1.807) is 6.92 Å². The maximum Gasteiger partial charge on any atom is 0.341 e. The Labute approximate surface area is 147 Å². The van der Waals surface area contributed by atoms with Crippen LogP contribution in [-0.2, 0) is 19.1 Å². The fourth-order valence-corrected chi connectivity index (χ4v) is 2.25. The van der Waals surface area contributed by atoms with E-state index in [4.69, 9.17) is 9.47 Å². The average Bonchev–Trinajstić information content (AvgIpc) is 2.57. The molecule has 1 aromatic rings. The van der Waals surface area contributed by atoms with Crippen LogP contribution in [0.4, 0.5) is 8.78 Å². The Hall–Kier alpha value is -2.23. The van der Waals surface area contributed by atoms with Crippen LogP contribution in [0.15, 0.2) is 23.4 Å². The number of hydrogen-bond acceptors (Lipinski definition) is 7. The molecule has 0 aliphatic carbocycles. The first-order valence-electron chi connectivity index (χ1n) is 7.43. The third kappa shape index (κ3) is 8.43. The van der Waals surface area contributed by atoms with Crippen LogP contribution >= 0.6 is 11.8 Å². The quantitative estimate of drug-likeness (QED) is 0.379. The summed E-state index contributed by atoms with van der Waals surface area (Å²) in [5.74, 6) is -4.57. The Morgan fingerprint density at radius 1 is 1.32 bits per heavy atom. The summed E-state index contributed by atoms with van der Waals surface area (Å²) < 4.78 is 34.4. The smallest absolute Gasteiger partial charge is 0.341 e. The van der Waals surface area contributed by atoms with Gasteiger partial charge in [0.1, 0.15) is 5.03 Å². The molecule has 0 aromatic carbocycles. The fraction of sp³-hybridized carbons (Fsp3) is 0.467. The number of halogens is 2. The first kappa shape index (κ1) is 20.8. The number of pyridine rings is 1. The minimum Gasteiger partial charge on any atom is -0.466 e. The molecule has 1 rings (SSSR count). The van der Waals surface area contributed by atoms with Crippen LogP contribution in [0.3, 0.4) is 0 Å². The lowest BCUT2D eigenvalue weighted by molar-refractivity contribution is -0.143. The molecule has 0 atom stereocenters. The number of nitrogens with zero attached hydrogens (tertiary/aromatic N) is 1. The lowest BCUT2D eigenvalue weighted by atomic mass is 10.3. The predicted octanol–water partition coefficient (Wildman–Crippen LogP) is 2.01. The fourth-order valence-electron chi connectivity index (χ4n) is 1.68. The highest BCUT2D eigenvalue weighted by Crippen LogP contribution is 2.26. The van der Waals surface area contributed by atoms with Crippen molar-refractivity contribution in [2.45, 2.75) is 30.5 Å². The monoisotopic (exact) mass is 376 g/mol. The number of thioether (sulfide) groups is 1. The summed E-state index contributed by atoms with van der Waals surface area (Å²) in [5, 5.41) is 2.30. The van der Waals surface area contributed by atoms with Gasteiger partial charge in [0.05, 0.1) is 12.2 Å². The van der Waals surface area contributed by atoms with Crippen molar-refractivity contribution >= 4 is 29.6 Å². The van der Waals surface area contributed by atoms with E-state index < -0.39 is 24.2 Å². The minimum atomic E-state index is -2.73. The molecule has 25 heavy (non-hydrogen) atoms. The highest BCUT2D eigenvalue weighted by Gasteiger charge is 2.18. The molecular weight excluding hydrogens is 358 g/mol. The Balaban J connectivity index is 2.36. The summed E-state index contributed by atoms with van der Waals surface area (Å²) in [6, 6.07) is 2.69. The zero-order chi connectivity index (χ0) is 18.7. The zero-order valence-corrected chi connectivity index (χ0v) is 14.3. The number of alkyl halides is 2. The number of carbonyl (C=O) groups is 3. The van der Waals surface area contributed by atoms with Crippen molar-refractivity contribution in [3.05, 3.63) is 23.9 Å². The van der Waals surface area contributed by atoms with Gasteiger partial charge in [0, 0.05) is 19.2 Å². The number of ether oxygens (including phenoxy) is 2. The van der Waals surface area contributed by atoms with Crippen molar-refractivity contribution in [3.8, 4) is 0 Å². The van der Waals surface area contributed by atoms with E-state index in [0.717, 1.165) is 0 Å². The Morgan fingerprint density at radius 2 is 2.08 bits per heavy atom. The summed E-state index contributed by atoms with van der Waals surface area (Å²) in [7, 11) is 0. The number of esters is 2. The third-order valence-corrected chi connectivity index (χ3v) is 3.44. The van der Waals surface area contributed by atoms with Gasteiger partial charge >= 0.3 is 11.9 Å². The summed E-state index contributed by atoms with van der Waals surface area (Å²) >= 11 is 0.122. The molecule has 0 aliphatic rings. The first-order chi connectivity index (χ1) is 11.9. The normalized spacial score (nSPS) is 10.4. The van der Waals surface area contributed by atoms with Gasteiger partial charge in [-0.15, -0.1) is 0 Å². The van der Waals surface area contributed by atoms with E-state index in [0.29, 0.717) is 13.0 Å². The molecule has 10 heteroatoms. The molecule has 138 valence electrons. The van der Waals surface area contributed by atoms with Crippen LogP contribution in [0, 0.1) is 0 Å². The molecule has 1 amide bonds. The van der Waals surface area contributed by atoms with Gasteiger partial charge in [-0.1, -0.05) is 0 Å². The van der Waals surface area contributed by atoms with Crippen LogP contribution < -0.4 is 5.32 Å². The summed E-state index contributed by atoms with van der Waals surface area (Å²) in [5.41, 5.74) is -0.136. The largest absolute Gasteiger partial charge is 0.466 e. The number of carbonyl (C=O) groups excluding carboxylic acids is 3. The standard InChI is InChI=1S/C15H18F2N2O5S/c1-2-23-12(21)6-4-7-18-11(20)9-24-14(22)10-5-3-8-19-13(10)25-15(16)17/h3,5,8,15H,2,4,6-7,9H2,1H3,(H,18,20). The highest BCUT2D eigenvalue weighted by molar-refractivity contribution is 7.99. The SMILES string of the molecule is CCOC(=O)CCCNC(=O)COC(=O)c1cccnc1SC(F)F. The third-order valence-electron chi connectivity index (χ3n) is 2.71. The molecule has 1 aromatic heterocycles. The second-order valence-electron chi connectivity index (χ2n) is 4.57. The number of hydrogen-bond donors (Lipinski definition) is 1. The van der Waals surface area contributed by atoms with Crippen LogP contribution in [0.1, 0.15) is 30.1 Å². The second kappa shape index (κ2) is 11.3. The average molecular weight is 376 g/mol. The molecule has 0 radical (unpaired) electrons. The van der Waals surface area contributed by atoms with E-state index >= 15 is 0 Å². The highest BCUT2D eigenvalue weighted by atomic mass is 32.2. The van der Waals surface area contributed by atoms with Crippen molar-refractivity contribution in [3.63, 3.8) is 0 Å². The maximum absolute atomic E-state index is 12.4.